The first-order valence-corrected chi connectivity index (χ1v) is 12.9. The van der Waals surface area contributed by atoms with E-state index in [1.807, 2.05) is 20.8 Å². The van der Waals surface area contributed by atoms with Crippen LogP contribution in [0.4, 0.5) is 10.1 Å². The number of sulfone groups is 1. The van der Waals surface area contributed by atoms with E-state index in [1.165, 1.54) is 45.4 Å². The number of nitrogens with one attached hydrogen (secondary N) is 2. The van der Waals surface area contributed by atoms with E-state index < -0.39 is 32.1 Å². The summed E-state index contributed by atoms with van der Waals surface area (Å²) < 4.78 is 47.9. The number of anilines is 1. The third kappa shape index (κ3) is 9.37. The van der Waals surface area contributed by atoms with Crippen molar-refractivity contribution in [3.8, 4) is 5.75 Å². The number of carbonyl (C=O) groups excluding carboxylic acids is 1. The van der Waals surface area contributed by atoms with Crippen molar-refractivity contribution in [2.75, 3.05) is 26.6 Å². The van der Waals surface area contributed by atoms with E-state index in [-0.39, 0.29) is 22.7 Å². The maximum absolute atomic E-state index is 14.3. The molecule has 0 aliphatic carbocycles. The summed E-state index contributed by atoms with van der Waals surface area (Å²) in [5.74, 6) is -1.31. The van der Waals surface area contributed by atoms with Gasteiger partial charge in [0.25, 0.3) is 5.91 Å². The molecule has 1 heterocycles. The summed E-state index contributed by atoms with van der Waals surface area (Å²) >= 11 is 0. The highest BCUT2D eigenvalue weighted by atomic mass is 32.2. The van der Waals surface area contributed by atoms with Gasteiger partial charge >= 0.3 is 0 Å². The van der Waals surface area contributed by atoms with Crippen LogP contribution in [0.15, 0.2) is 36.5 Å². The van der Waals surface area contributed by atoms with Gasteiger partial charge in [-0.2, -0.15) is 0 Å². The molecule has 1 aromatic carbocycles. The van der Waals surface area contributed by atoms with Crippen molar-refractivity contribution in [2.45, 2.75) is 58.0 Å². The summed E-state index contributed by atoms with van der Waals surface area (Å²) in [4.78, 5) is 16.3. The molecule has 0 radical (unpaired) electrons. The van der Waals surface area contributed by atoms with Gasteiger partial charge < -0.3 is 20.2 Å². The first-order valence-electron chi connectivity index (χ1n) is 11.2. The minimum Gasteiger partial charge on any atom is -0.495 e. The summed E-state index contributed by atoms with van der Waals surface area (Å²) in [6, 6.07) is 6.79. The van der Waals surface area contributed by atoms with Crippen molar-refractivity contribution in [1.29, 1.82) is 5.41 Å². The van der Waals surface area contributed by atoms with Crippen molar-refractivity contribution in [1.82, 2.24) is 4.98 Å². The molecule has 0 spiro atoms. The molecule has 2 aromatic rings. The van der Waals surface area contributed by atoms with Gasteiger partial charge in [-0.25, -0.2) is 17.8 Å². The lowest BCUT2D eigenvalue weighted by Crippen LogP contribution is -2.41. The normalized spacial score (nSPS) is 10.8. The maximum atomic E-state index is 14.3. The number of benzene rings is 1. The Bertz CT molecular complexity index is 1060. The van der Waals surface area contributed by atoms with E-state index in [1.54, 1.807) is 20.3 Å². The van der Waals surface area contributed by atoms with Gasteiger partial charge in [0.05, 0.1) is 19.1 Å². The highest BCUT2D eigenvalue weighted by Gasteiger charge is 2.38. The van der Waals surface area contributed by atoms with E-state index in [0.29, 0.717) is 18.6 Å². The van der Waals surface area contributed by atoms with Gasteiger partial charge in [0, 0.05) is 31.2 Å². The van der Waals surface area contributed by atoms with Crippen LogP contribution in [0.25, 0.3) is 0 Å². The average Bonchev–Trinajstić information content (AvgIpc) is 2.83. The van der Waals surface area contributed by atoms with E-state index in [2.05, 4.69) is 15.0 Å². The van der Waals surface area contributed by atoms with Crippen LogP contribution in [0.2, 0.25) is 0 Å². The van der Waals surface area contributed by atoms with Crippen LogP contribution in [0.3, 0.4) is 0 Å². The van der Waals surface area contributed by atoms with E-state index >= 15 is 0 Å². The number of halogens is 1. The van der Waals surface area contributed by atoms with Gasteiger partial charge in [-0.15, -0.1) is 0 Å². The number of carbonyl (C=O) groups is 1. The van der Waals surface area contributed by atoms with Gasteiger partial charge in [-0.1, -0.05) is 27.2 Å². The molecule has 2 rings (SSSR count). The van der Waals surface area contributed by atoms with Crippen molar-refractivity contribution in [3.63, 3.8) is 0 Å². The molecule has 0 aliphatic heterocycles. The monoisotopic (exact) mass is 511 g/mol. The molecule has 0 saturated heterocycles. The van der Waals surface area contributed by atoms with Gasteiger partial charge in [0.2, 0.25) is 0 Å². The maximum Gasteiger partial charge on any atom is 0.274 e. The molecule has 0 fully saturated rings. The molecular formula is C25H38FN3O5S. The second kappa shape index (κ2) is 15.2. The molecule has 0 atom stereocenters. The van der Waals surface area contributed by atoms with Crippen LogP contribution in [0.5, 0.6) is 5.75 Å². The van der Waals surface area contributed by atoms with Crippen LogP contribution in [-0.2, 0) is 20.3 Å². The van der Waals surface area contributed by atoms with Crippen LogP contribution < -0.4 is 10.1 Å². The predicted octanol–water partition coefficient (Wildman–Crippen LogP) is 5.28. The van der Waals surface area contributed by atoms with Gasteiger partial charge in [-0.05, 0) is 50.6 Å². The number of nitrogens with zero attached hydrogens (tertiary/aromatic N) is 1. The Hall–Kier alpha value is -2.85. The number of ether oxygens (including phenoxy) is 2. The molecular weight excluding hydrogens is 473 g/mol. The van der Waals surface area contributed by atoms with Gasteiger partial charge in [-0.3, -0.25) is 4.79 Å². The highest BCUT2D eigenvalue weighted by molar-refractivity contribution is 7.92. The first-order chi connectivity index (χ1) is 16.4. The number of pyridine rings is 1. The van der Waals surface area contributed by atoms with Crippen LogP contribution in [-0.4, -0.2) is 51.1 Å². The Balaban J connectivity index is 0.00000214. The number of hydrogen-bond donors (Lipinski definition) is 2. The summed E-state index contributed by atoms with van der Waals surface area (Å²) in [6.45, 7) is 8.78. The van der Waals surface area contributed by atoms with Crippen molar-refractivity contribution in [2.24, 2.45) is 0 Å². The van der Waals surface area contributed by atoms with Gasteiger partial charge in [0.1, 0.15) is 22.0 Å². The molecule has 8 nitrogen and oxygen atoms in total. The van der Waals surface area contributed by atoms with Crippen LogP contribution in [0, 0.1) is 11.2 Å². The zero-order chi connectivity index (χ0) is 27.2. The van der Waals surface area contributed by atoms with E-state index in [9.17, 15) is 17.6 Å². The Morgan fingerprint density at radius 2 is 1.74 bits per heavy atom. The van der Waals surface area contributed by atoms with Crippen molar-refractivity contribution < 1.29 is 27.1 Å². The molecule has 1 aromatic heterocycles. The minimum absolute atomic E-state index is 0.0761. The molecule has 0 unspecified atom stereocenters. The lowest BCUT2D eigenvalue weighted by atomic mass is 10.0. The second-order valence-corrected chi connectivity index (χ2v) is 10.3. The van der Waals surface area contributed by atoms with E-state index in [0.717, 1.165) is 6.07 Å². The zero-order valence-corrected chi connectivity index (χ0v) is 22.7. The third-order valence-corrected chi connectivity index (χ3v) is 7.35. The molecule has 0 bridgehead atoms. The fourth-order valence-corrected chi connectivity index (χ4v) is 4.19. The molecule has 0 saturated carbocycles. The summed E-state index contributed by atoms with van der Waals surface area (Å²) in [5, 5.41) is 10.7. The molecule has 1 amide bonds. The Labute approximate surface area is 208 Å². The lowest BCUT2D eigenvalue weighted by molar-refractivity contribution is 0.102. The first kappa shape index (κ1) is 32.1. The summed E-state index contributed by atoms with van der Waals surface area (Å²) in [5.41, 5.74) is 0.377. The zero-order valence-electron chi connectivity index (χ0n) is 21.9. The van der Waals surface area contributed by atoms with Gasteiger partial charge in [0.15, 0.2) is 9.84 Å². The highest BCUT2D eigenvalue weighted by Crippen LogP contribution is 2.27. The van der Waals surface area contributed by atoms with Crippen LogP contribution in [0.1, 0.15) is 63.5 Å². The largest absolute Gasteiger partial charge is 0.495 e. The fraction of sp³-hybridized carbons (Fsp3) is 0.480. The van der Waals surface area contributed by atoms with Crippen molar-refractivity contribution >= 4 is 27.1 Å². The molecule has 2 N–H and O–H groups in total. The predicted molar refractivity (Wildman–Crippen MR) is 139 cm³/mol. The average molecular weight is 512 g/mol. The Kier molecular flexibility index (Phi) is 14.0. The number of amides is 1. The summed E-state index contributed by atoms with van der Waals surface area (Å²) in [7, 11) is 0.867. The fourth-order valence-electron chi connectivity index (χ4n) is 2.72. The SMILES string of the molecule is CC.CCCC(=N)C(C)(C)S(=O)(=O)Cc1cc(NC(=O)c2ccc(OC)cn2)ccc1F.COC. The quantitative estimate of drug-likeness (QED) is 0.442. The molecule has 196 valence electrons. The minimum atomic E-state index is -3.87. The molecule has 0 aliphatic rings. The smallest absolute Gasteiger partial charge is 0.274 e. The second-order valence-electron chi connectivity index (χ2n) is 7.75. The number of aromatic nitrogens is 1. The molecule has 10 heteroatoms. The number of hydrogen-bond acceptors (Lipinski definition) is 7. The van der Waals surface area contributed by atoms with Crippen molar-refractivity contribution in [3.05, 3.63) is 53.6 Å². The number of rotatable bonds is 9. The number of methoxy groups -OCH3 is 2. The van der Waals surface area contributed by atoms with E-state index in [4.69, 9.17) is 10.1 Å². The topological polar surface area (TPSA) is 118 Å². The Morgan fingerprint density at radius 3 is 2.23 bits per heavy atom. The molecule has 35 heavy (non-hydrogen) atoms. The van der Waals surface area contributed by atoms with Crippen LogP contribution >= 0.6 is 0 Å². The third-order valence-electron chi connectivity index (χ3n) is 4.86. The lowest BCUT2D eigenvalue weighted by Gasteiger charge is -2.26. The summed E-state index contributed by atoms with van der Waals surface area (Å²) in [6.07, 6.45) is 2.39. The standard InChI is InChI=1S/C21H26FN3O4S.C2H6O.C2H6/c1-5-6-19(23)21(2,3)30(27,28)13-14-11-15(7-9-17(14)22)25-20(26)18-10-8-16(29-4)12-24-18;1-3-2;1-2/h7-12,23H,5-6,13H2,1-4H3,(H,25,26);1-2H3;1-2H3. The Morgan fingerprint density at radius 1 is 1.14 bits per heavy atom.